The van der Waals surface area contributed by atoms with Crippen molar-refractivity contribution >= 4 is 27.3 Å². The van der Waals surface area contributed by atoms with Gasteiger partial charge in [-0.25, -0.2) is 4.98 Å². The molecular formula is C19H12IrN3O-. The number of hydrogen-bond donors (Lipinski definition) is 0. The summed E-state index contributed by atoms with van der Waals surface area (Å²) in [6.45, 7) is 1.55. The van der Waals surface area contributed by atoms with Gasteiger partial charge in [0.2, 0.25) is 5.89 Å². The second-order valence-corrected chi connectivity index (χ2v) is 5.04. The second-order valence-electron chi connectivity index (χ2n) is 5.04. The second kappa shape index (κ2) is 5.55. The number of imidazole rings is 1. The maximum atomic E-state index is 8.63. The molecular weight excluding hydrogens is 478 g/mol. The summed E-state index contributed by atoms with van der Waals surface area (Å²) in [4.78, 5) is 8.33. The molecule has 0 atom stereocenters. The molecule has 3 aromatic heterocycles. The van der Waals surface area contributed by atoms with E-state index in [1.807, 2.05) is 0 Å². The molecule has 5 rings (SSSR count). The van der Waals surface area contributed by atoms with Crippen LogP contribution in [-0.4, -0.2) is 14.4 Å². The topological polar surface area (TPSA) is 43.3 Å². The standard InChI is InChI=1S/C19H12N3O.Ir/c1-12-6-7-16-15(10-12)13-4-2-3-5-14(13)18-21-11-17(22(16)18)19-20-8-9-23-19;/h2-4,6-11H,1H3;/q-1;/i2D,3D,4D,6D,7D,10D,11D;. The number of aromatic nitrogens is 3. The number of hydrogen-bond acceptors (Lipinski definition) is 3. The van der Waals surface area contributed by atoms with E-state index in [9.17, 15) is 0 Å². The van der Waals surface area contributed by atoms with Crippen molar-refractivity contribution in [2.24, 2.45) is 0 Å². The van der Waals surface area contributed by atoms with Crippen LogP contribution in [0.15, 0.2) is 59.3 Å². The first-order chi connectivity index (χ1) is 14.2. The molecule has 0 unspecified atom stereocenters. The molecule has 119 valence electrons. The van der Waals surface area contributed by atoms with Crippen molar-refractivity contribution in [3.8, 4) is 11.6 Å². The van der Waals surface area contributed by atoms with Crippen molar-refractivity contribution in [1.29, 1.82) is 0 Å². The smallest absolute Gasteiger partial charge is 0.244 e. The van der Waals surface area contributed by atoms with E-state index in [1.165, 1.54) is 16.9 Å². The molecule has 0 saturated carbocycles. The zero-order chi connectivity index (χ0) is 21.5. The first kappa shape index (κ1) is 9.11. The Morgan fingerprint density at radius 1 is 1.21 bits per heavy atom. The van der Waals surface area contributed by atoms with Crippen LogP contribution in [0.25, 0.3) is 38.9 Å². The van der Waals surface area contributed by atoms with E-state index in [4.69, 9.17) is 14.0 Å². The Bertz CT molecular complexity index is 1530. The SMILES string of the molecule is [2H]c1[c-]c2c(c([2H])c1[2H])c1c([2H])c(C)c([2H])c([2H])c1n1c(-c3ncco3)c([2H])nc21.[Ir]. The van der Waals surface area contributed by atoms with E-state index >= 15 is 0 Å². The van der Waals surface area contributed by atoms with Crippen molar-refractivity contribution in [3.63, 3.8) is 0 Å². The maximum Gasteiger partial charge on any atom is 0.244 e. The molecule has 0 aliphatic heterocycles. The summed E-state index contributed by atoms with van der Waals surface area (Å²) >= 11 is 0. The van der Waals surface area contributed by atoms with Gasteiger partial charge in [-0.2, -0.15) is 0 Å². The van der Waals surface area contributed by atoms with Gasteiger partial charge in [-0.3, -0.25) is 4.98 Å². The molecule has 0 aliphatic carbocycles. The average molecular weight is 498 g/mol. The number of rotatable bonds is 1. The van der Waals surface area contributed by atoms with Crippen LogP contribution in [0.1, 0.15) is 15.2 Å². The first-order valence-corrected chi connectivity index (χ1v) is 6.87. The molecule has 0 saturated heterocycles. The minimum Gasteiger partial charge on any atom is -0.443 e. The van der Waals surface area contributed by atoms with Gasteiger partial charge >= 0.3 is 0 Å². The molecule has 0 spiro atoms. The molecule has 5 heteroatoms. The van der Waals surface area contributed by atoms with Gasteiger partial charge in [0.05, 0.1) is 17.3 Å². The fraction of sp³-hybridized carbons (Fsp3) is 0.0526. The molecule has 0 bridgehead atoms. The Balaban J connectivity index is 0.00000231. The van der Waals surface area contributed by atoms with Crippen LogP contribution in [0.2, 0.25) is 0 Å². The first-order valence-electron chi connectivity index (χ1n) is 10.4. The minimum atomic E-state index is -0.364. The van der Waals surface area contributed by atoms with Gasteiger partial charge < -0.3 is 8.82 Å². The zero-order valence-electron chi connectivity index (χ0n) is 19.2. The summed E-state index contributed by atoms with van der Waals surface area (Å²) in [5, 5.41) is 0.491. The molecule has 2 aromatic carbocycles. The van der Waals surface area contributed by atoms with Crippen molar-refractivity contribution in [3.05, 3.63) is 66.5 Å². The predicted octanol–water partition coefficient (Wildman–Crippen LogP) is 4.40. The molecule has 3 heterocycles. The van der Waals surface area contributed by atoms with Gasteiger partial charge in [0.1, 0.15) is 12.0 Å². The van der Waals surface area contributed by atoms with Gasteiger partial charge in [-0.05, 0) is 19.7 Å². The molecule has 24 heavy (non-hydrogen) atoms. The Morgan fingerprint density at radius 3 is 2.96 bits per heavy atom. The Kier molecular flexibility index (Phi) is 2.11. The van der Waals surface area contributed by atoms with Crippen LogP contribution in [0, 0.1) is 13.0 Å². The van der Waals surface area contributed by atoms with Crippen LogP contribution in [-0.2, 0) is 20.1 Å². The van der Waals surface area contributed by atoms with E-state index < -0.39 is 0 Å². The van der Waals surface area contributed by atoms with E-state index in [1.54, 1.807) is 6.92 Å². The summed E-state index contributed by atoms with van der Waals surface area (Å²) in [7, 11) is 0. The van der Waals surface area contributed by atoms with Crippen molar-refractivity contribution in [2.45, 2.75) is 6.92 Å². The van der Waals surface area contributed by atoms with E-state index in [2.05, 4.69) is 16.0 Å². The molecule has 0 aliphatic rings. The third kappa shape index (κ3) is 2.02. The van der Waals surface area contributed by atoms with Crippen LogP contribution in [0.3, 0.4) is 0 Å². The third-order valence-corrected chi connectivity index (χ3v) is 3.64. The molecule has 1 radical (unpaired) electrons. The summed E-state index contributed by atoms with van der Waals surface area (Å²) in [6, 6.07) is 1.33. The molecule has 0 fully saturated rings. The maximum absolute atomic E-state index is 8.63. The summed E-state index contributed by atoms with van der Waals surface area (Å²) in [5.74, 6) is 0.0699. The summed E-state index contributed by atoms with van der Waals surface area (Å²) in [5.41, 5.74) is 0.586. The summed E-state index contributed by atoms with van der Waals surface area (Å²) in [6.07, 6.45) is 2.51. The number of oxazole rings is 1. The Labute approximate surface area is 161 Å². The third-order valence-electron chi connectivity index (χ3n) is 3.64. The van der Waals surface area contributed by atoms with Gasteiger partial charge in [0.15, 0.2) is 0 Å². The van der Waals surface area contributed by atoms with E-state index in [0.717, 1.165) is 0 Å². The van der Waals surface area contributed by atoms with Crippen LogP contribution >= 0.6 is 0 Å². The molecule has 0 N–H and O–H groups in total. The normalized spacial score (nSPS) is 15.3. The van der Waals surface area contributed by atoms with Crippen LogP contribution in [0.5, 0.6) is 0 Å². The largest absolute Gasteiger partial charge is 0.443 e. The van der Waals surface area contributed by atoms with Crippen LogP contribution < -0.4 is 0 Å². The van der Waals surface area contributed by atoms with Crippen molar-refractivity contribution in [2.75, 3.05) is 0 Å². The van der Waals surface area contributed by atoms with Gasteiger partial charge in [-0.1, -0.05) is 23.0 Å². The quantitative estimate of drug-likeness (QED) is 0.255. The predicted molar refractivity (Wildman–Crippen MR) is 89.3 cm³/mol. The number of fused-ring (bicyclic) bond motifs is 6. The monoisotopic (exact) mass is 498 g/mol. The Morgan fingerprint density at radius 2 is 2.12 bits per heavy atom. The van der Waals surface area contributed by atoms with E-state index in [0.29, 0.717) is 0 Å². The Hall–Kier alpha value is -2.49. The molecule has 0 amide bonds. The van der Waals surface area contributed by atoms with Crippen LogP contribution in [0.4, 0.5) is 0 Å². The number of nitrogens with zero attached hydrogens (tertiary/aromatic N) is 3. The van der Waals surface area contributed by atoms with Crippen molar-refractivity contribution < 1.29 is 34.1 Å². The van der Waals surface area contributed by atoms with Gasteiger partial charge in [-0.15, -0.1) is 29.6 Å². The number of benzene rings is 2. The van der Waals surface area contributed by atoms with Gasteiger partial charge in [0, 0.05) is 34.5 Å². The minimum absolute atomic E-state index is 0. The molecule has 5 aromatic rings. The van der Waals surface area contributed by atoms with Crippen molar-refractivity contribution in [1.82, 2.24) is 14.4 Å². The zero-order valence-corrected chi connectivity index (χ0v) is 14.6. The van der Waals surface area contributed by atoms with Gasteiger partial charge in [0.25, 0.3) is 0 Å². The van der Waals surface area contributed by atoms with E-state index in [-0.39, 0.29) is 107 Å². The number of pyridine rings is 1. The fourth-order valence-electron chi connectivity index (χ4n) is 2.69. The fourth-order valence-corrected chi connectivity index (χ4v) is 2.69. The molecule has 4 nitrogen and oxygen atoms in total. The average Bonchev–Trinajstić information content (AvgIpc) is 3.35. The summed E-state index contributed by atoms with van der Waals surface area (Å²) < 4.78 is 65.1.